The molecule has 2 rings (SSSR count). The molecular formula is C10H17O+. The fourth-order valence-corrected chi connectivity index (χ4v) is 2.90. The first-order valence-corrected chi connectivity index (χ1v) is 4.52. The second-order valence-corrected chi connectivity index (χ2v) is 4.92. The van der Waals surface area contributed by atoms with Crippen LogP contribution in [0.2, 0.25) is 0 Å². The van der Waals surface area contributed by atoms with E-state index < -0.39 is 0 Å². The van der Waals surface area contributed by atoms with Gasteiger partial charge in [-0.3, -0.25) is 4.79 Å². The second-order valence-electron chi connectivity index (χ2n) is 4.92. The van der Waals surface area contributed by atoms with Crippen LogP contribution in [0.4, 0.5) is 0 Å². The van der Waals surface area contributed by atoms with Gasteiger partial charge in [0.1, 0.15) is 5.78 Å². The Morgan fingerprint density at radius 2 is 2.09 bits per heavy atom. The molecule has 0 heterocycles. The van der Waals surface area contributed by atoms with Crippen molar-refractivity contribution in [3.8, 4) is 0 Å². The van der Waals surface area contributed by atoms with Crippen molar-refractivity contribution in [3.63, 3.8) is 0 Å². The summed E-state index contributed by atoms with van der Waals surface area (Å²) in [6.45, 7) is 6.67. The predicted molar refractivity (Wildman–Crippen MR) is 45.3 cm³/mol. The number of ketones is 1. The zero-order valence-corrected chi connectivity index (χ0v) is 7.61. The number of hydrogen-bond acceptors (Lipinski definition) is 1. The summed E-state index contributed by atoms with van der Waals surface area (Å²) >= 11 is 0. The molecule has 2 aliphatic carbocycles. The molecule has 0 aromatic carbocycles. The fourth-order valence-electron chi connectivity index (χ4n) is 2.90. The summed E-state index contributed by atoms with van der Waals surface area (Å²) in [5.41, 5.74) is 0.307. The molecule has 1 heteroatoms. The predicted octanol–water partition coefficient (Wildman–Crippen LogP) is 2.51. The van der Waals surface area contributed by atoms with Crippen LogP contribution in [0.15, 0.2) is 0 Å². The zero-order valence-electron chi connectivity index (χ0n) is 8.61. The Balaban J connectivity index is 0.000000720. The minimum absolute atomic E-state index is 0. The molecule has 62 valence electrons. The lowest BCUT2D eigenvalue weighted by Gasteiger charge is -2.32. The third kappa shape index (κ3) is 0.605. The lowest BCUT2D eigenvalue weighted by molar-refractivity contribution is -0.128. The van der Waals surface area contributed by atoms with Crippen molar-refractivity contribution in [1.82, 2.24) is 0 Å². The quantitative estimate of drug-likeness (QED) is 0.522. The fraction of sp³-hybridized carbons (Fsp3) is 0.900. The number of rotatable bonds is 0. The highest BCUT2D eigenvalue weighted by atomic mass is 16.1. The molecule has 0 amide bonds. The molecule has 0 aromatic heterocycles. The smallest absolute Gasteiger partial charge is 0.299 e. The van der Waals surface area contributed by atoms with Crippen molar-refractivity contribution in [2.24, 2.45) is 16.7 Å². The van der Waals surface area contributed by atoms with E-state index in [1.54, 1.807) is 0 Å². The highest BCUT2D eigenvalue weighted by Crippen LogP contribution is 2.63. The Bertz CT molecular complexity index is 222. The van der Waals surface area contributed by atoms with Crippen LogP contribution in [0.5, 0.6) is 0 Å². The number of Topliss-reactive ketones (excluding diaryl/α,β-unsaturated/α-hetero) is 1. The van der Waals surface area contributed by atoms with E-state index in [1.807, 2.05) is 0 Å². The first kappa shape index (κ1) is 7.33. The molecule has 1 nitrogen and oxygen atoms in total. The Labute approximate surface area is 69.7 Å². The molecule has 11 heavy (non-hydrogen) atoms. The molecule has 0 aromatic rings. The van der Waals surface area contributed by atoms with Gasteiger partial charge in [0.2, 0.25) is 0 Å². The topological polar surface area (TPSA) is 17.1 Å². The monoisotopic (exact) mass is 153 g/mol. The van der Waals surface area contributed by atoms with Gasteiger partial charge in [0.15, 0.2) is 0 Å². The first-order chi connectivity index (χ1) is 4.98. The van der Waals surface area contributed by atoms with E-state index in [4.69, 9.17) is 0 Å². The maximum Gasteiger partial charge on any atom is 1.00 e. The molecule has 0 spiro atoms. The minimum atomic E-state index is 0. The normalized spacial score (nSPS) is 46.8. The molecule has 2 unspecified atom stereocenters. The van der Waals surface area contributed by atoms with Crippen molar-refractivity contribution in [2.75, 3.05) is 0 Å². The number of fused-ring (bicyclic) bond motifs is 2. The van der Waals surface area contributed by atoms with E-state index >= 15 is 0 Å². The standard InChI is InChI=1S/C10H16O/c1-9(2)7-4-5-10(9,3)8(11)6-7/h7H,4-6H2,1-3H3/p+1. The van der Waals surface area contributed by atoms with Gasteiger partial charge < -0.3 is 0 Å². The molecule has 2 atom stereocenters. The van der Waals surface area contributed by atoms with E-state index in [0.29, 0.717) is 11.7 Å². The van der Waals surface area contributed by atoms with Crippen LogP contribution in [0.3, 0.4) is 0 Å². The molecule has 2 fully saturated rings. The van der Waals surface area contributed by atoms with Crippen LogP contribution in [0.1, 0.15) is 41.5 Å². The maximum atomic E-state index is 11.6. The van der Waals surface area contributed by atoms with Crippen LogP contribution in [0, 0.1) is 16.7 Å². The van der Waals surface area contributed by atoms with Crippen LogP contribution in [0.25, 0.3) is 0 Å². The largest absolute Gasteiger partial charge is 1.00 e. The summed E-state index contributed by atoms with van der Waals surface area (Å²) in [6.07, 6.45) is 3.25. The SMILES string of the molecule is CC12CCC(CC1=O)C2(C)C.[H+]. The van der Waals surface area contributed by atoms with Crippen LogP contribution in [-0.4, -0.2) is 5.78 Å². The molecule has 0 saturated heterocycles. The van der Waals surface area contributed by atoms with E-state index in [1.165, 1.54) is 6.42 Å². The Morgan fingerprint density at radius 1 is 1.45 bits per heavy atom. The Morgan fingerprint density at radius 3 is 2.27 bits per heavy atom. The van der Waals surface area contributed by atoms with Gasteiger partial charge in [-0.1, -0.05) is 20.8 Å². The molecule has 2 aliphatic rings. The summed E-state index contributed by atoms with van der Waals surface area (Å²) in [6, 6.07) is 0. The molecule has 2 saturated carbocycles. The minimum Gasteiger partial charge on any atom is -0.299 e. The summed E-state index contributed by atoms with van der Waals surface area (Å²) in [5.74, 6) is 1.19. The lowest BCUT2D eigenvalue weighted by Crippen LogP contribution is -2.32. The zero-order chi connectivity index (χ0) is 8.28. The van der Waals surface area contributed by atoms with Crippen molar-refractivity contribution in [2.45, 2.75) is 40.0 Å². The van der Waals surface area contributed by atoms with Gasteiger partial charge >= 0.3 is 1.43 Å². The molecule has 2 bridgehead atoms. The van der Waals surface area contributed by atoms with E-state index in [9.17, 15) is 4.79 Å². The van der Waals surface area contributed by atoms with Gasteiger partial charge in [0, 0.05) is 11.8 Å². The van der Waals surface area contributed by atoms with Gasteiger partial charge in [0.05, 0.1) is 0 Å². The summed E-state index contributed by atoms with van der Waals surface area (Å²) in [5, 5.41) is 0. The molecular weight excluding hydrogens is 136 g/mol. The van der Waals surface area contributed by atoms with Crippen molar-refractivity contribution in [3.05, 3.63) is 0 Å². The first-order valence-electron chi connectivity index (χ1n) is 4.52. The van der Waals surface area contributed by atoms with Crippen LogP contribution < -0.4 is 0 Å². The highest BCUT2D eigenvalue weighted by molar-refractivity contribution is 5.89. The van der Waals surface area contributed by atoms with Gasteiger partial charge in [-0.25, -0.2) is 0 Å². The van der Waals surface area contributed by atoms with Crippen LogP contribution in [-0.2, 0) is 4.79 Å². The van der Waals surface area contributed by atoms with Crippen molar-refractivity contribution < 1.29 is 6.22 Å². The Hall–Kier alpha value is -0.330. The third-order valence-electron chi connectivity index (χ3n) is 4.48. The van der Waals surface area contributed by atoms with Crippen molar-refractivity contribution >= 4 is 5.78 Å². The van der Waals surface area contributed by atoms with Gasteiger partial charge in [0.25, 0.3) is 0 Å². The summed E-state index contributed by atoms with van der Waals surface area (Å²) < 4.78 is 0. The number of carbonyl (C=O) groups excluding carboxylic acids is 1. The average molecular weight is 153 g/mol. The molecule has 0 radical (unpaired) electrons. The lowest BCUT2D eigenvalue weighted by atomic mass is 9.70. The van der Waals surface area contributed by atoms with E-state index in [-0.39, 0.29) is 12.3 Å². The van der Waals surface area contributed by atoms with E-state index in [0.717, 1.165) is 12.8 Å². The van der Waals surface area contributed by atoms with Gasteiger partial charge in [-0.2, -0.15) is 0 Å². The van der Waals surface area contributed by atoms with Gasteiger partial charge in [-0.05, 0) is 24.2 Å². The van der Waals surface area contributed by atoms with Gasteiger partial charge in [-0.15, -0.1) is 0 Å². The Kier molecular flexibility index (Phi) is 1.13. The third-order valence-corrected chi connectivity index (χ3v) is 4.48. The van der Waals surface area contributed by atoms with Crippen LogP contribution >= 0.6 is 0 Å². The molecule has 0 aliphatic heterocycles. The number of hydrogen-bond donors (Lipinski definition) is 0. The highest BCUT2D eigenvalue weighted by Gasteiger charge is 2.61. The summed E-state index contributed by atoms with van der Waals surface area (Å²) in [4.78, 5) is 11.6. The van der Waals surface area contributed by atoms with E-state index in [2.05, 4.69) is 20.8 Å². The summed E-state index contributed by atoms with van der Waals surface area (Å²) in [7, 11) is 0. The maximum absolute atomic E-state index is 11.6. The average Bonchev–Trinajstić information content (AvgIpc) is 2.20. The second kappa shape index (κ2) is 1.70. The van der Waals surface area contributed by atoms with Crippen molar-refractivity contribution in [1.29, 1.82) is 0 Å². The number of carbonyl (C=O) groups is 1. The molecule has 0 N–H and O–H groups in total.